The number of ether oxygens (including phenoxy) is 1. The molecule has 5 nitrogen and oxygen atoms in total. The average molecular weight is 317 g/mol. The smallest absolute Gasteiger partial charge is 0.480 e. The van der Waals surface area contributed by atoms with Gasteiger partial charge < -0.3 is 14.7 Å². The number of alkyl halides is 3. The second-order valence-corrected chi connectivity index (χ2v) is 4.96. The number of aliphatic carboxylic acids is 1. The zero-order valence-electron chi connectivity index (χ0n) is 11.5. The monoisotopic (exact) mass is 317 g/mol. The number of likely N-dealkylation sites (tertiary alicyclic amines) is 1. The first-order valence-electron chi connectivity index (χ1n) is 6.63. The summed E-state index contributed by atoms with van der Waals surface area (Å²) in [6, 6.07) is 4.24. The van der Waals surface area contributed by atoms with Gasteiger partial charge in [0.2, 0.25) is 5.91 Å². The lowest BCUT2D eigenvalue weighted by Crippen LogP contribution is -2.41. The van der Waals surface area contributed by atoms with Crippen LogP contribution in [0.4, 0.5) is 13.2 Å². The average Bonchev–Trinajstić information content (AvgIpc) is 2.86. The zero-order chi connectivity index (χ0) is 16.3. The Morgan fingerprint density at radius 1 is 1.36 bits per heavy atom. The third-order valence-corrected chi connectivity index (χ3v) is 3.35. The minimum Gasteiger partial charge on any atom is -0.480 e. The van der Waals surface area contributed by atoms with Crippen LogP contribution in [0.25, 0.3) is 0 Å². The molecule has 120 valence electrons. The normalized spacial score (nSPS) is 18.3. The molecular formula is C14H14F3NO4. The Balaban J connectivity index is 2.05. The summed E-state index contributed by atoms with van der Waals surface area (Å²) in [4.78, 5) is 24.4. The van der Waals surface area contributed by atoms with Gasteiger partial charge in [-0.3, -0.25) is 4.79 Å². The van der Waals surface area contributed by atoms with Gasteiger partial charge in [0.25, 0.3) is 0 Å². The van der Waals surface area contributed by atoms with Crippen LogP contribution >= 0.6 is 0 Å². The van der Waals surface area contributed by atoms with Crippen LogP contribution in [0.5, 0.6) is 5.75 Å². The van der Waals surface area contributed by atoms with Gasteiger partial charge in [-0.1, -0.05) is 12.1 Å². The number of benzene rings is 1. The van der Waals surface area contributed by atoms with Crippen LogP contribution in [0.1, 0.15) is 18.4 Å². The SMILES string of the molecule is O=C(O)[C@@H]1CCCN1C(=O)Cc1cccc(OC(F)(F)F)c1. The molecule has 1 N–H and O–H groups in total. The molecule has 1 saturated heterocycles. The van der Waals surface area contributed by atoms with E-state index in [1.54, 1.807) is 0 Å². The Morgan fingerprint density at radius 2 is 2.09 bits per heavy atom. The van der Waals surface area contributed by atoms with Gasteiger partial charge in [0, 0.05) is 6.54 Å². The fraction of sp³-hybridized carbons (Fsp3) is 0.429. The molecule has 0 aromatic heterocycles. The molecule has 1 aromatic carbocycles. The number of amides is 1. The summed E-state index contributed by atoms with van der Waals surface area (Å²) in [6.45, 7) is 0.342. The molecular weight excluding hydrogens is 303 g/mol. The van der Waals surface area contributed by atoms with Crippen molar-refractivity contribution in [3.8, 4) is 5.75 Å². The van der Waals surface area contributed by atoms with Crippen LogP contribution in [0, 0.1) is 0 Å². The van der Waals surface area contributed by atoms with E-state index in [1.807, 2.05) is 0 Å². The maximum atomic E-state index is 12.2. The van der Waals surface area contributed by atoms with Gasteiger partial charge in [-0.15, -0.1) is 13.2 Å². The van der Waals surface area contributed by atoms with Gasteiger partial charge in [0.1, 0.15) is 11.8 Å². The second kappa shape index (κ2) is 6.25. The van der Waals surface area contributed by atoms with E-state index < -0.39 is 30.0 Å². The third-order valence-electron chi connectivity index (χ3n) is 3.35. The molecule has 22 heavy (non-hydrogen) atoms. The summed E-state index contributed by atoms with van der Waals surface area (Å²) in [7, 11) is 0. The zero-order valence-corrected chi connectivity index (χ0v) is 11.5. The van der Waals surface area contributed by atoms with E-state index in [1.165, 1.54) is 17.0 Å². The lowest BCUT2D eigenvalue weighted by atomic mass is 10.1. The number of carbonyl (C=O) groups excluding carboxylic acids is 1. The van der Waals surface area contributed by atoms with Crippen LogP contribution in [0.15, 0.2) is 24.3 Å². The Hall–Kier alpha value is -2.25. The van der Waals surface area contributed by atoms with Crippen molar-refractivity contribution >= 4 is 11.9 Å². The van der Waals surface area contributed by atoms with E-state index >= 15 is 0 Å². The highest BCUT2D eigenvalue weighted by atomic mass is 19.4. The van der Waals surface area contributed by atoms with Gasteiger partial charge in [-0.05, 0) is 30.5 Å². The number of hydrogen-bond acceptors (Lipinski definition) is 3. The number of carboxylic acids is 1. The summed E-state index contributed by atoms with van der Waals surface area (Å²) < 4.78 is 40.3. The quantitative estimate of drug-likeness (QED) is 0.924. The maximum Gasteiger partial charge on any atom is 0.573 e. The van der Waals surface area contributed by atoms with Crippen LogP contribution < -0.4 is 4.74 Å². The summed E-state index contributed by atoms with van der Waals surface area (Å²) in [5, 5.41) is 9.03. The molecule has 0 radical (unpaired) electrons. The second-order valence-electron chi connectivity index (χ2n) is 4.96. The van der Waals surface area contributed by atoms with Crippen molar-refractivity contribution < 1.29 is 32.6 Å². The Bertz CT molecular complexity index is 573. The molecule has 1 atom stereocenters. The van der Waals surface area contributed by atoms with E-state index in [0.29, 0.717) is 24.9 Å². The van der Waals surface area contributed by atoms with Crippen molar-refractivity contribution in [3.63, 3.8) is 0 Å². The Labute approximate surface area is 124 Å². The number of halogens is 3. The molecule has 1 aromatic rings. The standard InChI is InChI=1S/C14H14F3NO4/c15-14(16,17)22-10-4-1-3-9(7-10)8-12(19)18-6-2-5-11(18)13(20)21/h1,3-4,7,11H,2,5-6,8H2,(H,20,21)/t11-/m0/s1. The van der Waals surface area contributed by atoms with Crippen molar-refractivity contribution in [3.05, 3.63) is 29.8 Å². The Kier molecular flexibility index (Phi) is 4.58. The van der Waals surface area contributed by atoms with Crippen molar-refractivity contribution in [2.45, 2.75) is 31.7 Å². The fourth-order valence-electron chi connectivity index (χ4n) is 2.45. The highest BCUT2D eigenvalue weighted by Crippen LogP contribution is 2.24. The predicted molar refractivity (Wildman–Crippen MR) is 69.2 cm³/mol. The van der Waals surface area contributed by atoms with Crippen molar-refractivity contribution in [2.75, 3.05) is 6.54 Å². The molecule has 0 spiro atoms. The minimum atomic E-state index is -4.80. The van der Waals surface area contributed by atoms with Gasteiger partial charge in [-0.25, -0.2) is 4.79 Å². The van der Waals surface area contributed by atoms with E-state index in [-0.39, 0.29) is 6.42 Å². The molecule has 1 amide bonds. The molecule has 1 heterocycles. The highest BCUT2D eigenvalue weighted by molar-refractivity contribution is 5.85. The summed E-state index contributed by atoms with van der Waals surface area (Å²) in [5.74, 6) is -1.90. The van der Waals surface area contributed by atoms with E-state index in [0.717, 1.165) is 12.1 Å². The molecule has 1 aliphatic heterocycles. The maximum absolute atomic E-state index is 12.2. The molecule has 0 unspecified atom stereocenters. The molecule has 8 heteroatoms. The largest absolute Gasteiger partial charge is 0.573 e. The lowest BCUT2D eigenvalue weighted by Gasteiger charge is -2.21. The number of nitrogens with zero attached hydrogens (tertiary/aromatic N) is 1. The van der Waals surface area contributed by atoms with Crippen molar-refractivity contribution in [1.29, 1.82) is 0 Å². The Morgan fingerprint density at radius 3 is 2.73 bits per heavy atom. The topological polar surface area (TPSA) is 66.8 Å². The van der Waals surface area contributed by atoms with Gasteiger partial charge in [0.15, 0.2) is 0 Å². The molecule has 0 aliphatic carbocycles. The predicted octanol–water partition coefficient (Wildman–Crippen LogP) is 2.20. The van der Waals surface area contributed by atoms with Gasteiger partial charge >= 0.3 is 12.3 Å². The summed E-state index contributed by atoms with van der Waals surface area (Å²) >= 11 is 0. The molecule has 1 aliphatic rings. The van der Waals surface area contributed by atoms with Gasteiger partial charge in [0.05, 0.1) is 6.42 Å². The summed E-state index contributed by atoms with van der Waals surface area (Å²) in [5.41, 5.74) is 0.336. The fourth-order valence-corrected chi connectivity index (χ4v) is 2.45. The van der Waals surface area contributed by atoms with Crippen LogP contribution in [0.2, 0.25) is 0 Å². The first-order chi connectivity index (χ1) is 10.3. The number of carbonyl (C=O) groups is 2. The van der Waals surface area contributed by atoms with Crippen LogP contribution in [-0.2, 0) is 16.0 Å². The highest BCUT2D eigenvalue weighted by Gasteiger charge is 2.34. The number of hydrogen-bond donors (Lipinski definition) is 1. The van der Waals surface area contributed by atoms with Crippen molar-refractivity contribution in [2.24, 2.45) is 0 Å². The number of rotatable bonds is 4. The van der Waals surface area contributed by atoms with E-state index in [4.69, 9.17) is 5.11 Å². The lowest BCUT2D eigenvalue weighted by molar-refractivity contribution is -0.274. The molecule has 2 rings (SSSR count). The van der Waals surface area contributed by atoms with Crippen LogP contribution in [0.3, 0.4) is 0 Å². The number of carboxylic acid groups (broad SMARTS) is 1. The molecule has 0 saturated carbocycles. The molecule has 0 bridgehead atoms. The van der Waals surface area contributed by atoms with Crippen molar-refractivity contribution in [1.82, 2.24) is 4.90 Å². The minimum absolute atomic E-state index is 0.168. The molecule has 1 fully saturated rings. The van der Waals surface area contributed by atoms with Gasteiger partial charge in [-0.2, -0.15) is 0 Å². The van der Waals surface area contributed by atoms with Crippen LogP contribution in [-0.4, -0.2) is 40.8 Å². The third kappa shape index (κ3) is 4.12. The van der Waals surface area contributed by atoms with E-state index in [2.05, 4.69) is 4.74 Å². The first-order valence-corrected chi connectivity index (χ1v) is 6.63. The van der Waals surface area contributed by atoms with E-state index in [9.17, 15) is 22.8 Å². The first kappa shape index (κ1) is 16.1. The summed E-state index contributed by atoms with van der Waals surface area (Å²) in [6.07, 6.45) is -3.98.